The molecule has 10 heteroatoms. The van der Waals surface area contributed by atoms with Crippen molar-refractivity contribution in [2.24, 2.45) is 5.92 Å². The van der Waals surface area contributed by atoms with E-state index in [1.54, 1.807) is 17.5 Å². The Balaban J connectivity index is 2.04. The summed E-state index contributed by atoms with van der Waals surface area (Å²) in [5.41, 5.74) is -3.49. The molecule has 1 aliphatic heterocycles. The van der Waals surface area contributed by atoms with Crippen molar-refractivity contribution in [2.45, 2.75) is 31.3 Å². The number of urea groups is 1. The number of carbonyl (C=O) groups is 2. The second-order valence-corrected chi connectivity index (χ2v) is 7.52. The second-order valence-electron chi connectivity index (χ2n) is 6.58. The van der Waals surface area contributed by atoms with Gasteiger partial charge in [0.25, 0.3) is 0 Å². The molecule has 29 heavy (non-hydrogen) atoms. The van der Waals surface area contributed by atoms with E-state index in [4.69, 9.17) is 4.74 Å². The van der Waals surface area contributed by atoms with Crippen LogP contribution in [-0.4, -0.2) is 35.4 Å². The summed E-state index contributed by atoms with van der Waals surface area (Å²) in [6, 6.07) is 6.28. The molecule has 156 valence electrons. The Hall–Kier alpha value is -2.59. The maximum atomic E-state index is 13.8. The van der Waals surface area contributed by atoms with Gasteiger partial charge >= 0.3 is 12.2 Å². The van der Waals surface area contributed by atoms with E-state index < -0.39 is 35.7 Å². The number of halogens is 3. The first-order chi connectivity index (χ1) is 13.7. The lowest BCUT2D eigenvalue weighted by atomic mass is 9.78. The summed E-state index contributed by atoms with van der Waals surface area (Å²) in [6.45, 7) is 2.40. The summed E-state index contributed by atoms with van der Waals surface area (Å²) in [5.74, 6) is -2.45. The van der Waals surface area contributed by atoms with Crippen molar-refractivity contribution in [3.05, 3.63) is 52.2 Å². The van der Waals surface area contributed by atoms with Crippen molar-refractivity contribution in [3.8, 4) is 5.75 Å². The summed E-state index contributed by atoms with van der Waals surface area (Å²) in [7, 11) is 0. The van der Waals surface area contributed by atoms with Gasteiger partial charge in [-0.25, -0.2) is 4.79 Å². The number of hydrogen-bond acceptors (Lipinski definition) is 5. The zero-order valence-electron chi connectivity index (χ0n) is 15.3. The lowest BCUT2D eigenvalue weighted by Crippen LogP contribution is -2.72. The maximum absolute atomic E-state index is 13.8. The van der Waals surface area contributed by atoms with Crippen LogP contribution in [0.1, 0.15) is 34.6 Å². The molecule has 1 aromatic carbocycles. The number of aliphatic hydroxyl groups is 1. The van der Waals surface area contributed by atoms with Gasteiger partial charge in [0.05, 0.1) is 17.5 Å². The molecule has 0 aliphatic carbocycles. The lowest BCUT2D eigenvalue weighted by Gasteiger charge is -2.44. The number of carbonyl (C=O) groups excluding carboxylic acids is 2. The molecular weight excluding hydrogens is 409 g/mol. The van der Waals surface area contributed by atoms with Crippen LogP contribution in [0.2, 0.25) is 0 Å². The Morgan fingerprint density at radius 2 is 1.97 bits per heavy atom. The van der Waals surface area contributed by atoms with Crippen molar-refractivity contribution in [1.82, 2.24) is 10.6 Å². The molecule has 2 amide bonds. The van der Waals surface area contributed by atoms with Crippen LogP contribution in [0, 0.1) is 5.92 Å². The molecular formula is C19H19F3N2O4S. The van der Waals surface area contributed by atoms with Gasteiger partial charge in [-0.1, -0.05) is 25.1 Å². The van der Waals surface area contributed by atoms with Crippen LogP contribution in [-0.2, 0) is 0 Å². The molecule has 3 unspecified atom stereocenters. The zero-order valence-corrected chi connectivity index (χ0v) is 16.1. The Morgan fingerprint density at radius 3 is 2.52 bits per heavy atom. The third-order valence-corrected chi connectivity index (χ3v) is 5.45. The van der Waals surface area contributed by atoms with Gasteiger partial charge in [-0.05, 0) is 35.6 Å². The standard InChI is InChI=1S/C19H19F3N2O4S/c1-2-9-28-12-7-5-11(6-8-12)15-14(16(25)13-4-3-10-29-13)18(27,19(20,21)22)24-17(26)23-15/h3-8,10,14-15,27H,2,9H2,1H3,(H2,23,24,26). The molecule has 1 fully saturated rings. The first-order valence-electron chi connectivity index (χ1n) is 8.85. The minimum atomic E-state index is -5.27. The summed E-state index contributed by atoms with van der Waals surface area (Å²) >= 11 is 0.957. The fourth-order valence-corrected chi connectivity index (χ4v) is 3.88. The molecule has 2 heterocycles. The number of nitrogens with one attached hydrogen (secondary N) is 2. The SMILES string of the molecule is CCCOc1ccc(C2NC(=O)NC(O)(C(F)(F)F)C2C(=O)c2cccs2)cc1. The third-order valence-electron chi connectivity index (χ3n) is 4.56. The summed E-state index contributed by atoms with van der Waals surface area (Å²) in [4.78, 5) is 25.0. The molecule has 3 N–H and O–H groups in total. The minimum absolute atomic E-state index is 0.0449. The van der Waals surface area contributed by atoms with E-state index >= 15 is 0 Å². The molecule has 0 bridgehead atoms. The van der Waals surface area contributed by atoms with Gasteiger partial charge in [-0.2, -0.15) is 13.2 Å². The molecule has 3 atom stereocenters. The minimum Gasteiger partial charge on any atom is -0.494 e. The van der Waals surface area contributed by atoms with Gasteiger partial charge in [-0.15, -0.1) is 11.3 Å². The number of rotatable bonds is 6. The molecule has 1 aliphatic rings. The van der Waals surface area contributed by atoms with Crippen LogP contribution in [0.15, 0.2) is 41.8 Å². The van der Waals surface area contributed by atoms with Gasteiger partial charge in [-0.3, -0.25) is 4.79 Å². The zero-order chi connectivity index (χ0) is 21.2. The van der Waals surface area contributed by atoms with Crippen LogP contribution >= 0.6 is 11.3 Å². The first kappa shape index (κ1) is 21.1. The fourth-order valence-electron chi connectivity index (χ4n) is 3.18. The van der Waals surface area contributed by atoms with Crippen molar-refractivity contribution in [2.75, 3.05) is 6.61 Å². The number of amides is 2. The van der Waals surface area contributed by atoms with E-state index in [0.717, 1.165) is 17.8 Å². The second kappa shape index (κ2) is 8.03. The molecule has 1 aromatic heterocycles. The smallest absolute Gasteiger partial charge is 0.437 e. The van der Waals surface area contributed by atoms with E-state index in [1.165, 1.54) is 29.6 Å². The Labute approximate surface area is 168 Å². The van der Waals surface area contributed by atoms with Gasteiger partial charge in [0, 0.05) is 0 Å². The summed E-state index contributed by atoms with van der Waals surface area (Å²) < 4.78 is 46.8. The average Bonchev–Trinajstić information content (AvgIpc) is 3.20. The third kappa shape index (κ3) is 4.08. The number of alkyl halides is 3. The lowest BCUT2D eigenvalue weighted by molar-refractivity contribution is -0.287. The average molecular weight is 428 g/mol. The number of ketones is 1. The van der Waals surface area contributed by atoms with Gasteiger partial charge in [0.15, 0.2) is 5.78 Å². The van der Waals surface area contributed by atoms with E-state index in [-0.39, 0.29) is 10.4 Å². The number of hydrogen-bond donors (Lipinski definition) is 3. The Morgan fingerprint density at radius 1 is 1.28 bits per heavy atom. The predicted octanol–water partition coefficient (Wildman–Crippen LogP) is 3.64. The van der Waals surface area contributed by atoms with Gasteiger partial charge in [0.2, 0.25) is 5.72 Å². The monoisotopic (exact) mass is 428 g/mol. The molecule has 6 nitrogen and oxygen atoms in total. The normalized spacial score (nSPS) is 24.5. The molecule has 2 aromatic rings. The molecule has 0 spiro atoms. The summed E-state index contributed by atoms with van der Waals surface area (Å²) in [6.07, 6.45) is -4.49. The first-order valence-corrected chi connectivity index (χ1v) is 9.73. The predicted molar refractivity (Wildman–Crippen MR) is 99.8 cm³/mol. The highest BCUT2D eigenvalue weighted by Gasteiger charge is 2.66. The number of ether oxygens (including phenoxy) is 1. The van der Waals surface area contributed by atoms with Crippen molar-refractivity contribution >= 4 is 23.2 Å². The highest BCUT2D eigenvalue weighted by atomic mass is 32.1. The fraction of sp³-hybridized carbons (Fsp3) is 0.368. The molecule has 3 rings (SSSR count). The highest BCUT2D eigenvalue weighted by Crippen LogP contribution is 2.44. The highest BCUT2D eigenvalue weighted by molar-refractivity contribution is 7.12. The summed E-state index contributed by atoms with van der Waals surface area (Å²) in [5, 5.41) is 15.9. The van der Waals surface area contributed by atoms with Crippen molar-refractivity contribution in [3.63, 3.8) is 0 Å². The molecule has 0 radical (unpaired) electrons. The van der Waals surface area contributed by atoms with E-state index in [0.29, 0.717) is 12.4 Å². The van der Waals surface area contributed by atoms with Crippen LogP contribution in [0.4, 0.5) is 18.0 Å². The van der Waals surface area contributed by atoms with Crippen LogP contribution < -0.4 is 15.4 Å². The quantitative estimate of drug-likeness (QED) is 0.613. The van der Waals surface area contributed by atoms with E-state index in [2.05, 4.69) is 5.32 Å². The van der Waals surface area contributed by atoms with Crippen LogP contribution in [0.3, 0.4) is 0 Å². The van der Waals surface area contributed by atoms with E-state index in [9.17, 15) is 27.9 Å². The number of Topliss-reactive ketones (excluding diaryl/α,β-unsaturated/α-hetero) is 1. The van der Waals surface area contributed by atoms with Crippen LogP contribution in [0.25, 0.3) is 0 Å². The number of thiophene rings is 1. The molecule has 1 saturated heterocycles. The Bertz CT molecular complexity index is 871. The molecule has 0 saturated carbocycles. The number of benzene rings is 1. The maximum Gasteiger partial charge on any atom is 0.437 e. The van der Waals surface area contributed by atoms with Gasteiger partial charge < -0.3 is 20.5 Å². The van der Waals surface area contributed by atoms with Crippen molar-refractivity contribution in [1.29, 1.82) is 0 Å². The van der Waals surface area contributed by atoms with Crippen LogP contribution in [0.5, 0.6) is 5.75 Å². The largest absolute Gasteiger partial charge is 0.494 e. The topological polar surface area (TPSA) is 87.7 Å². The van der Waals surface area contributed by atoms with E-state index in [1.807, 2.05) is 6.92 Å². The van der Waals surface area contributed by atoms with Crippen molar-refractivity contribution < 1.29 is 32.6 Å². The van der Waals surface area contributed by atoms with Gasteiger partial charge in [0.1, 0.15) is 11.7 Å². The Kier molecular flexibility index (Phi) is 5.85.